The fraction of sp³-hybridized carbons (Fsp3) is 1.00. The zero-order chi connectivity index (χ0) is 15.5. The fourth-order valence-corrected chi connectivity index (χ4v) is 0. The normalized spacial score (nSPS) is 6.60. The van der Waals surface area contributed by atoms with Crippen molar-refractivity contribution in [3.8, 4) is 0 Å². The van der Waals surface area contributed by atoms with Crippen LogP contribution in [0.5, 0.6) is 0 Å². The molecule has 0 aromatic rings. The van der Waals surface area contributed by atoms with Crippen LogP contribution < -0.4 is 0 Å². The molecule has 0 atom stereocenters. The van der Waals surface area contributed by atoms with Gasteiger partial charge in [-0.25, -0.2) is 0 Å². The number of hydrogen-bond acceptors (Lipinski definition) is 12. The van der Waals surface area contributed by atoms with Gasteiger partial charge in [-0.05, 0) is 0 Å². The second-order valence-corrected chi connectivity index (χ2v) is 2.48. The summed E-state index contributed by atoms with van der Waals surface area (Å²) in [5, 5.41) is 92.2. The molecule has 204 valence electrons. The van der Waals surface area contributed by atoms with Crippen LogP contribution in [0, 0.1) is 0 Å². The van der Waals surface area contributed by atoms with Crippen molar-refractivity contribution in [2.45, 2.75) is 37.7 Å². The second kappa shape index (κ2) is 69.7. The Morgan fingerprint density at radius 1 is 0.200 bits per heavy atom. The minimum atomic E-state index is -2.04. The number of aliphatic hydroxyl groups is 12. The molecule has 0 aliphatic rings. The van der Waals surface area contributed by atoms with Crippen LogP contribution in [0.25, 0.3) is 0 Å². The topological polar surface area (TPSA) is 432 Å². The molecule has 0 saturated carbocycles. The molecule has 0 spiro atoms. The van der Waals surface area contributed by atoms with E-state index in [9.17, 15) is 0 Å². The summed E-state index contributed by atoms with van der Waals surface area (Å²) in [5.74, 6) is 0. The Morgan fingerprint density at radius 3 is 0.233 bits per heavy atom. The van der Waals surface area contributed by atoms with Gasteiger partial charge in [0, 0.05) is 102 Å². The predicted molar refractivity (Wildman–Crippen MR) is 71.0 cm³/mol. The first-order chi connectivity index (χ1) is 7.93. The molecule has 0 aliphatic carbocycles. The Kier molecular flexibility index (Phi) is 245. The summed E-state index contributed by atoms with van der Waals surface area (Å²) >= 11 is 0. The van der Waals surface area contributed by atoms with E-state index in [-0.39, 0.29) is 135 Å². The van der Waals surface area contributed by atoms with Crippen molar-refractivity contribution < 1.29 is 197 Å². The Labute approximate surface area is 233 Å². The maximum Gasteiger partial charge on any atom is 0.204 e. The molecule has 6 radical (unpaired) electrons. The quantitative estimate of drug-likeness (QED) is 0.0955. The summed E-state index contributed by atoms with van der Waals surface area (Å²) in [4.78, 5) is 0. The molecular formula is C6H30Mn6O18. The first-order valence-corrected chi connectivity index (χ1v) is 4.10. The molecule has 0 unspecified atom stereocenters. The van der Waals surface area contributed by atoms with E-state index in [1.54, 1.807) is 0 Å². The van der Waals surface area contributed by atoms with Gasteiger partial charge in [0.15, 0.2) is 0 Å². The van der Waals surface area contributed by atoms with Gasteiger partial charge in [-0.15, -0.1) is 0 Å². The Morgan fingerprint density at radius 2 is 0.233 bits per heavy atom. The van der Waals surface area contributed by atoms with E-state index in [0.717, 1.165) is 0 Å². The summed E-state index contributed by atoms with van der Waals surface area (Å²) in [7, 11) is 0. The van der Waals surface area contributed by atoms with Crippen LogP contribution in [0.4, 0.5) is 0 Å². The molecule has 0 aromatic carbocycles. The fourth-order valence-electron chi connectivity index (χ4n) is 0. The van der Waals surface area contributed by atoms with Crippen LogP contribution in [0.2, 0.25) is 0 Å². The molecule has 30 heavy (non-hydrogen) atoms. The van der Waals surface area contributed by atoms with Crippen LogP contribution in [0.3, 0.4) is 0 Å². The zero-order valence-electron chi connectivity index (χ0n) is 14.1. The van der Waals surface area contributed by atoms with Crippen molar-refractivity contribution in [1.82, 2.24) is 0 Å². The van der Waals surface area contributed by atoms with Gasteiger partial charge in [-0.1, -0.05) is 0 Å². The van der Waals surface area contributed by atoms with Gasteiger partial charge in [0.1, 0.15) is 0 Å². The number of aliphatic hydroxyl groups excluding tert-OH is 6. The molecule has 0 aromatic heterocycles. The smallest absolute Gasteiger partial charge is 0.204 e. The van der Waals surface area contributed by atoms with Gasteiger partial charge in [0.05, 0.1) is 0 Å². The van der Waals surface area contributed by atoms with E-state index < -0.39 is 37.7 Å². The molecule has 0 fully saturated rings. The van der Waals surface area contributed by atoms with Crippen molar-refractivity contribution >= 4 is 0 Å². The monoisotopic (exact) mass is 720 g/mol. The predicted octanol–water partition coefficient (Wildman–Crippen LogP) is -12.1. The molecule has 24 N–H and O–H groups in total. The van der Waals surface area contributed by atoms with Gasteiger partial charge < -0.3 is 94.1 Å². The minimum Gasteiger partial charge on any atom is -0.412 e. The largest absolute Gasteiger partial charge is 0.412 e. The molecule has 0 bridgehead atoms. The Bertz CT molecular complexity index is 133. The Hall–Kier alpha value is 2.40. The minimum absolute atomic E-state index is 0. The average molecular weight is 720 g/mol. The van der Waals surface area contributed by atoms with Crippen molar-refractivity contribution in [2.75, 3.05) is 0 Å². The molecule has 0 saturated heterocycles. The van der Waals surface area contributed by atoms with Gasteiger partial charge in [0.25, 0.3) is 0 Å². The van der Waals surface area contributed by atoms with E-state index in [1.807, 2.05) is 0 Å². The van der Waals surface area contributed by atoms with Crippen LogP contribution in [0.1, 0.15) is 0 Å². The molecule has 0 amide bonds. The van der Waals surface area contributed by atoms with Crippen LogP contribution in [-0.2, 0) is 102 Å². The molecular weight excluding hydrogens is 690 g/mol. The second-order valence-electron chi connectivity index (χ2n) is 2.48. The third kappa shape index (κ3) is 127. The summed E-state index contributed by atoms with van der Waals surface area (Å²) in [5.41, 5.74) is 0. The van der Waals surface area contributed by atoms with Gasteiger partial charge >= 0.3 is 0 Å². The molecule has 24 heteroatoms. The third-order valence-corrected chi connectivity index (χ3v) is 0.800. The standard InChI is InChI=1S/3C2H6O4.6Mn.6H2O/c3*3-1(4)2(5)6;;;;;;;;;;;;/h3*1-6H;;;;;;;6*1H2. The molecule has 0 heterocycles. The van der Waals surface area contributed by atoms with Crippen molar-refractivity contribution in [3.63, 3.8) is 0 Å². The first-order valence-electron chi connectivity index (χ1n) is 4.10. The van der Waals surface area contributed by atoms with Crippen molar-refractivity contribution in [1.29, 1.82) is 0 Å². The van der Waals surface area contributed by atoms with Crippen LogP contribution >= 0.6 is 0 Å². The van der Waals surface area contributed by atoms with Crippen LogP contribution in [-0.4, -0.2) is 132 Å². The van der Waals surface area contributed by atoms with Gasteiger partial charge in [0.2, 0.25) is 37.7 Å². The maximum atomic E-state index is 7.69. The number of rotatable bonds is 3. The Balaban J connectivity index is -0.00000000721. The van der Waals surface area contributed by atoms with Crippen molar-refractivity contribution in [2.24, 2.45) is 0 Å². The van der Waals surface area contributed by atoms with E-state index in [0.29, 0.717) is 0 Å². The van der Waals surface area contributed by atoms with Gasteiger partial charge in [-0.2, -0.15) is 0 Å². The summed E-state index contributed by atoms with van der Waals surface area (Å²) in [6.07, 6.45) is -12.2. The van der Waals surface area contributed by atoms with Crippen molar-refractivity contribution in [3.05, 3.63) is 0 Å². The van der Waals surface area contributed by atoms with Crippen LogP contribution in [0.15, 0.2) is 0 Å². The zero-order valence-corrected chi connectivity index (χ0v) is 21.2. The molecule has 18 nitrogen and oxygen atoms in total. The molecule has 0 rings (SSSR count). The third-order valence-electron chi connectivity index (χ3n) is 0.800. The first kappa shape index (κ1) is 106. The van der Waals surface area contributed by atoms with E-state index >= 15 is 0 Å². The maximum absolute atomic E-state index is 7.69. The van der Waals surface area contributed by atoms with E-state index in [4.69, 9.17) is 61.3 Å². The molecule has 0 aliphatic heterocycles. The number of hydrogen-bond donors (Lipinski definition) is 12. The SMILES string of the molecule is O.O.O.O.O.O.OC(O)C(O)O.OC(O)C(O)O.OC(O)C(O)O.[Mn].[Mn].[Mn].[Mn].[Mn].[Mn]. The summed E-state index contributed by atoms with van der Waals surface area (Å²) in [6, 6.07) is 0. The van der Waals surface area contributed by atoms with Gasteiger partial charge in [-0.3, -0.25) is 0 Å². The van der Waals surface area contributed by atoms with E-state index in [2.05, 4.69) is 0 Å². The summed E-state index contributed by atoms with van der Waals surface area (Å²) < 4.78 is 0. The average Bonchev–Trinajstić information content (AvgIpc) is 2.18. The summed E-state index contributed by atoms with van der Waals surface area (Å²) in [6.45, 7) is 0. The van der Waals surface area contributed by atoms with E-state index in [1.165, 1.54) is 0 Å².